The van der Waals surface area contributed by atoms with E-state index in [9.17, 15) is 5.11 Å². The summed E-state index contributed by atoms with van der Waals surface area (Å²) in [5.41, 5.74) is -0.539. The molecule has 2 atom stereocenters. The van der Waals surface area contributed by atoms with Gasteiger partial charge < -0.3 is 15.2 Å². The van der Waals surface area contributed by atoms with Crippen molar-refractivity contribution in [3.05, 3.63) is 0 Å². The maximum atomic E-state index is 10.3. The molecule has 0 radical (unpaired) electrons. The van der Waals surface area contributed by atoms with E-state index in [1.807, 2.05) is 6.92 Å². The molecule has 0 aliphatic carbocycles. The number of nitrogens with one attached hydrogen (secondary N) is 1. The summed E-state index contributed by atoms with van der Waals surface area (Å²) in [7, 11) is 0. The van der Waals surface area contributed by atoms with Crippen LogP contribution in [0.2, 0.25) is 0 Å². The average molecular weight is 200 g/mol. The monoisotopic (exact) mass is 200 g/mol. The lowest BCUT2D eigenvalue weighted by Crippen LogP contribution is -2.62. The third-order valence-corrected chi connectivity index (χ3v) is 3.35. The Labute approximate surface area is 85.2 Å². The molecule has 0 aromatic carbocycles. The molecule has 82 valence electrons. The van der Waals surface area contributed by atoms with Gasteiger partial charge >= 0.3 is 0 Å². The van der Waals surface area contributed by atoms with Crippen molar-refractivity contribution in [2.75, 3.05) is 39.4 Å². The highest BCUT2D eigenvalue weighted by Crippen LogP contribution is 2.23. The molecule has 2 saturated heterocycles. The normalized spacial score (nSPS) is 41.1. The van der Waals surface area contributed by atoms with Gasteiger partial charge in [0.05, 0.1) is 24.9 Å². The van der Waals surface area contributed by atoms with Gasteiger partial charge in [0.1, 0.15) is 0 Å². The SMILES string of the molecule is C[C@@]1(O)CCNC[C@H]1N1CCOCC1. The molecule has 0 aromatic rings. The summed E-state index contributed by atoms with van der Waals surface area (Å²) in [5.74, 6) is 0. The molecule has 2 aliphatic heterocycles. The molecule has 2 rings (SSSR count). The molecule has 0 saturated carbocycles. The minimum atomic E-state index is -0.539. The number of rotatable bonds is 1. The first-order valence-electron chi connectivity index (χ1n) is 5.45. The molecular formula is C10H20N2O2. The second-order valence-electron chi connectivity index (χ2n) is 4.48. The predicted molar refractivity (Wildman–Crippen MR) is 54.3 cm³/mol. The van der Waals surface area contributed by atoms with E-state index in [4.69, 9.17) is 4.74 Å². The van der Waals surface area contributed by atoms with Gasteiger partial charge in [0.25, 0.3) is 0 Å². The summed E-state index contributed by atoms with van der Waals surface area (Å²) < 4.78 is 5.31. The molecule has 0 aromatic heterocycles. The summed E-state index contributed by atoms with van der Waals surface area (Å²) in [5, 5.41) is 13.6. The number of morpholine rings is 1. The minimum absolute atomic E-state index is 0.250. The number of ether oxygens (including phenoxy) is 1. The van der Waals surface area contributed by atoms with Crippen molar-refractivity contribution in [2.24, 2.45) is 0 Å². The zero-order chi connectivity index (χ0) is 10.0. The Morgan fingerprint density at radius 2 is 2.14 bits per heavy atom. The lowest BCUT2D eigenvalue weighted by Gasteiger charge is -2.45. The fraction of sp³-hybridized carbons (Fsp3) is 1.00. The van der Waals surface area contributed by atoms with Gasteiger partial charge in [-0.15, -0.1) is 0 Å². The molecule has 0 amide bonds. The van der Waals surface area contributed by atoms with Gasteiger partial charge in [0.2, 0.25) is 0 Å². The van der Waals surface area contributed by atoms with E-state index in [1.54, 1.807) is 0 Å². The maximum Gasteiger partial charge on any atom is 0.0798 e. The van der Waals surface area contributed by atoms with Gasteiger partial charge in [0, 0.05) is 19.6 Å². The quantitative estimate of drug-likeness (QED) is 0.595. The molecule has 2 fully saturated rings. The van der Waals surface area contributed by atoms with Crippen LogP contribution in [0, 0.1) is 0 Å². The highest BCUT2D eigenvalue weighted by atomic mass is 16.5. The Morgan fingerprint density at radius 3 is 2.79 bits per heavy atom. The molecule has 2 N–H and O–H groups in total. The summed E-state index contributed by atoms with van der Waals surface area (Å²) in [6.07, 6.45) is 0.842. The maximum absolute atomic E-state index is 10.3. The van der Waals surface area contributed by atoms with Crippen LogP contribution in [-0.4, -0.2) is 61.0 Å². The second-order valence-corrected chi connectivity index (χ2v) is 4.48. The molecule has 2 aliphatic rings. The van der Waals surface area contributed by atoms with Crippen molar-refractivity contribution in [1.82, 2.24) is 10.2 Å². The van der Waals surface area contributed by atoms with Crippen LogP contribution in [0.25, 0.3) is 0 Å². The fourth-order valence-electron chi connectivity index (χ4n) is 2.38. The Kier molecular flexibility index (Phi) is 3.07. The summed E-state index contributed by atoms with van der Waals surface area (Å²) in [4.78, 5) is 2.34. The number of hydrogen-bond donors (Lipinski definition) is 2. The average Bonchev–Trinajstić information content (AvgIpc) is 2.18. The molecule has 14 heavy (non-hydrogen) atoms. The van der Waals surface area contributed by atoms with Crippen LogP contribution in [0.15, 0.2) is 0 Å². The summed E-state index contributed by atoms with van der Waals surface area (Å²) in [6, 6.07) is 0.250. The van der Waals surface area contributed by atoms with E-state index < -0.39 is 5.60 Å². The van der Waals surface area contributed by atoms with E-state index >= 15 is 0 Å². The van der Waals surface area contributed by atoms with Crippen molar-refractivity contribution in [3.63, 3.8) is 0 Å². The third-order valence-electron chi connectivity index (χ3n) is 3.35. The molecule has 4 nitrogen and oxygen atoms in total. The highest BCUT2D eigenvalue weighted by molar-refractivity contribution is 4.95. The zero-order valence-corrected chi connectivity index (χ0v) is 8.83. The van der Waals surface area contributed by atoms with Crippen molar-refractivity contribution < 1.29 is 9.84 Å². The lowest BCUT2D eigenvalue weighted by atomic mass is 9.88. The molecule has 2 heterocycles. The second kappa shape index (κ2) is 4.14. The van der Waals surface area contributed by atoms with E-state index in [-0.39, 0.29) is 6.04 Å². The van der Waals surface area contributed by atoms with E-state index in [0.717, 1.165) is 45.8 Å². The first kappa shape index (κ1) is 10.4. The minimum Gasteiger partial charge on any atom is -0.388 e. The molecule has 0 spiro atoms. The Hall–Kier alpha value is -0.160. The van der Waals surface area contributed by atoms with Crippen LogP contribution in [-0.2, 0) is 4.74 Å². The van der Waals surface area contributed by atoms with E-state index in [1.165, 1.54) is 0 Å². The predicted octanol–water partition coefficient (Wildman–Crippen LogP) is -0.568. The number of piperidine rings is 1. The van der Waals surface area contributed by atoms with Crippen LogP contribution in [0.4, 0.5) is 0 Å². The number of aliphatic hydroxyl groups is 1. The lowest BCUT2D eigenvalue weighted by molar-refractivity contribution is -0.0805. The molecule has 4 heteroatoms. The first-order chi connectivity index (χ1) is 6.70. The van der Waals surface area contributed by atoms with Crippen LogP contribution in [0.5, 0.6) is 0 Å². The van der Waals surface area contributed by atoms with Crippen LogP contribution >= 0.6 is 0 Å². The smallest absolute Gasteiger partial charge is 0.0798 e. The van der Waals surface area contributed by atoms with E-state index in [0.29, 0.717) is 0 Å². The largest absolute Gasteiger partial charge is 0.388 e. The molecule has 0 unspecified atom stereocenters. The summed E-state index contributed by atoms with van der Waals surface area (Å²) in [6.45, 7) is 7.26. The standard InChI is InChI=1S/C10H20N2O2/c1-10(13)2-3-11-8-9(10)12-4-6-14-7-5-12/h9,11,13H,2-8H2,1H3/t9-,10-/m1/s1. The Morgan fingerprint density at radius 1 is 1.43 bits per heavy atom. The van der Waals surface area contributed by atoms with Gasteiger partial charge in [-0.3, -0.25) is 4.90 Å². The summed E-state index contributed by atoms with van der Waals surface area (Å²) >= 11 is 0. The third kappa shape index (κ3) is 2.08. The first-order valence-corrected chi connectivity index (χ1v) is 5.45. The topological polar surface area (TPSA) is 44.7 Å². The molecule has 0 bridgehead atoms. The van der Waals surface area contributed by atoms with Gasteiger partial charge in [-0.2, -0.15) is 0 Å². The number of hydrogen-bond acceptors (Lipinski definition) is 4. The van der Waals surface area contributed by atoms with Crippen molar-refractivity contribution in [1.29, 1.82) is 0 Å². The van der Waals surface area contributed by atoms with Crippen LogP contribution in [0.1, 0.15) is 13.3 Å². The van der Waals surface area contributed by atoms with Crippen molar-refractivity contribution in [2.45, 2.75) is 25.0 Å². The Balaban J connectivity index is 1.99. The van der Waals surface area contributed by atoms with E-state index in [2.05, 4.69) is 10.2 Å². The fourth-order valence-corrected chi connectivity index (χ4v) is 2.38. The van der Waals surface area contributed by atoms with Crippen LogP contribution in [0.3, 0.4) is 0 Å². The highest BCUT2D eigenvalue weighted by Gasteiger charge is 2.38. The van der Waals surface area contributed by atoms with Crippen molar-refractivity contribution in [3.8, 4) is 0 Å². The van der Waals surface area contributed by atoms with Crippen molar-refractivity contribution >= 4 is 0 Å². The van der Waals surface area contributed by atoms with Crippen LogP contribution < -0.4 is 5.32 Å². The zero-order valence-electron chi connectivity index (χ0n) is 8.83. The number of nitrogens with zero attached hydrogens (tertiary/aromatic N) is 1. The molecular weight excluding hydrogens is 180 g/mol. The van der Waals surface area contributed by atoms with Gasteiger partial charge in [-0.1, -0.05) is 0 Å². The van der Waals surface area contributed by atoms with Gasteiger partial charge in [0.15, 0.2) is 0 Å². The van der Waals surface area contributed by atoms with Gasteiger partial charge in [-0.25, -0.2) is 0 Å². The Bertz CT molecular complexity index is 191. The van der Waals surface area contributed by atoms with Gasteiger partial charge in [-0.05, 0) is 19.9 Å².